The number of rotatable bonds is 13. The van der Waals surface area contributed by atoms with E-state index in [-0.39, 0.29) is 42.5 Å². The topological polar surface area (TPSA) is 90.7 Å². The fourth-order valence-electron chi connectivity index (χ4n) is 2.94. The Morgan fingerprint density at radius 2 is 1.97 bits per heavy atom. The number of nitrogens with one attached hydrogen (secondary N) is 2. The van der Waals surface area contributed by atoms with E-state index in [9.17, 15) is 4.79 Å². The van der Waals surface area contributed by atoms with Crippen LogP contribution in [-0.2, 0) is 17.8 Å². The first kappa shape index (κ1) is 28.6. The van der Waals surface area contributed by atoms with Crippen molar-refractivity contribution in [1.29, 1.82) is 0 Å². The summed E-state index contributed by atoms with van der Waals surface area (Å²) in [5, 5.41) is 14.8. The second-order valence-electron chi connectivity index (χ2n) is 7.39. The Hall–Kier alpha value is -1.43. The summed E-state index contributed by atoms with van der Waals surface area (Å²) in [6.07, 6.45) is 4.76. The van der Waals surface area contributed by atoms with Crippen molar-refractivity contribution in [2.45, 2.75) is 59.5 Å². The molecule has 0 aliphatic heterocycles. The SMILES string of the molecule is CCc1nncn1CCNC(=NCC(=O)N(C)C)NC(C)CCCN(CC)CC.I. The van der Waals surface area contributed by atoms with Gasteiger partial charge in [-0.15, -0.1) is 34.2 Å². The van der Waals surface area contributed by atoms with Gasteiger partial charge in [-0.3, -0.25) is 4.79 Å². The van der Waals surface area contributed by atoms with Crippen LogP contribution >= 0.6 is 24.0 Å². The molecule has 2 N–H and O–H groups in total. The van der Waals surface area contributed by atoms with Crippen LogP contribution in [-0.4, -0.2) is 89.3 Å². The Kier molecular flexibility index (Phi) is 15.5. The highest BCUT2D eigenvalue weighted by atomic mass is 127. The van der Waals surface area contributed by atoms with Crippen LogP contribution in [0.15, 0.2) is 11.3 Å². The lowest BCUT2D eigenvalue weighted by Crippen LogP contribution is -2.44. The van der Waals surface area contributed by atoms with Gasteiger partial charge >= 0.3 is 0 Å². The highest BCUT2D eigenvalue weighted by molar-refractivity contribution is 14.0. The molecule has 0 aliphatic rings. The van der Waals surface area contributed by atoms with Crippen molar-refractivity contribution in [1.82, 2.24) is 35.2 Å². The Morgan fingerprint density at radius 3 is 2.57 bits per heavy atom. The number of aromatic nitrogens is 3. The molecule has 1 aromatic rings. The zero-order valence-corrected chi connectivity index (χ0v) is 21.8. The maximum absolute atomic E-state index is 11.9. The van der Waals surface area contributed by atoms with Crippen molar-refractivity contribution in [3.05, 3.63) is 12.2 Å². The predicted octanol–water partition coefficient (Wildman–Crippen LogP) is 1.59. The van der Waals surface area contributed by atoms with E-state index in [0.717, 1.165) is 51.3 Å². The van der Waals surface area contributed by atoms with E-state index in [2.05, 4.69) is 58.4 Å². The molecule has 0 saturated heterocycles. The van der Waals surface area contributed by atoms with Gasteiger partial charge in [0.15, 0.2) is 5.96 Å². The summed E-state index contributed by atoms with van der Waals surface area (Å²) < 4.78 is 2.03. The Morgan fingerprint density at radius 1 is 1.27 bits per heavy atom. The number of hydrogen-bond donors (Lipinski definition) is 2. The maximum Gasteiger partial charge on any atom is 0.243 e. The zero-order valence-electron chi connectivity index (χ0n) is 19.5. The third-order valence-corrected chi connectivity index (χ3v) is 4.92. The average molecular weight is 537 g/mol. The minimum absolute atomic E-state index is 0. The number of guanidine groups is 1. The van der Waals surface area contributed by atoms with Crippen LogP contribution in [0.3, 0.4) is 0 Å². The summed E-state index contributed by atoms with van der Waals surface area (Å²) in [7, 11) is 3.49. The molecule has 0 aromatic carbocycles. The third kappa shape index (κ3) is 11.1. The molecular formula is C20H41IN8O. The molecule has 1 unspecified atom stereocenters. The smallest absolute Gasteiger partial charge is 0.243 e. The molecule has 1 atom stereocenters. The summed E-state index contributed by atoms with van der Waals surface area (Å²) in [6.45, 7) is 13.4. The number of aryl methyl sites for hydroxylation is 1. The number of halogens is 1. The van der Waals surface area contributed by atoms with E-state index in [0.29, 0.717) is 12.5 Å². The highest BCUT2D eigenvalue weighted by Gasteiger charge is 2.09. The van der Waals surface area contributed by atoms with Crippen LogP contribution in [0.5, 0.6) is 0 Å². The van der Waals surface area contributed by atoms with Crippen LogP contribution in [0.2, 0.25) is 0 Å². The van der Waals surface area contributed by atoms with Gasteiger partial charge in [-0.2, -0.15) is 0 Å². The number of amides is 1. The summed E-state index contributed by atoms with van der Waals surface area (Å²) in [5.41, 5.74) is 0. The van der Waals surface area contributed by atoms with Crippen molar-refractivity contribution >= 4 is 35.8 Å². The molecule has 10 heteroatoms. The molecule has 1 heterocycles. The minimum atomic E-state index is -0.0210. The van der Waals surface area contributed by atoms with Gasteiger partial charge in [-0.1, -0.05) is 20.8 Å². The molecule has 0 fully saturated rings. The lowest BCUT2D eigenvalue weighted by atomic mass is 10.2. The summed E-state index contributed by atoms with van der Waals surface area (Å²) >= 11 is 0. The van der Waals surface area contributed by atoms with Crippen LogP contribution in [0, 0.1) is 0 Å². The quantitative estimate of drug-likeness (QED) is 0.226. The average Bonchev–Trinajstić information content (AvgIpc) is 3.16. The van der Waals surface area contributed by atoms with E-state index in [4.69, 9.17) is 0 Å². The van der Waals surface area contributed by atoms with Gasteiger partial charge in [0, 0.05) is 39.6 Å². The molecule has 0 spiro atoms. The standard InChI is InChI=1S/C20H40N8O.HI/c1-7-18-25-23-16-28(18)14-12-21-20(22-15-19(29)26(5)6)24-17(4)11-10-13-27(8-2)9-3;/h16-17H,7-15H2,1-6H3,(H2,21,22,24);1H. The van der Waals surface area contributed by atoms with E-state index in [1.807, 2.05) is 4.57 Å². The van der Waals surface area contributed by atoms with Crippen molar-refractivity contribution in [3.63, 3.8) is 0 Å². The number of carbonyl (C=O) groups excluding carboxylic acids is 1. The minimum Gasteiger partial charge on any atom is -0.355 e. The van der Waals surface area contributed by atoms with Crippen LogP contribution < -0.4 is 10.6 Å². The fourth-order valence-corrected chi connectivity index (χ4v) is 2.94. The number of carbonyl (C=O) groups is 1. The van der Waals surface area contributed by atoms with Crippen molar-refractivity contribution in [2.24, 2.45) is 4.99 Å². The van der Waals surface area contributed by atoms with Gasteiger partial charge in [-0.25, -0.2) is 4.99 Å². The molecular weight excluding hydrogens is 495 g/mol. The number of hydrogen-bond acceptors (Lipinski definition) is 5. The van der Waals surface area contributed by atoms with Crippen molar-refractivity contribution in [2.75, 3.05) is 46.8 Å². The molecule has 0 bridgehead atoms. The van der Waals surface area contributed by atoms with Crippen LogP contribution in [0.4, 0.5) is 0 Å². The second-order valence-corrected chi connectivity index (χ2v) is 7.39. The Balaban J connectivity index is 0.00000841. The molecule has 0 saturated carbocycles. The normalized spacial score (nSPS) is 12.4. The molecule has 174 valence electrons. The predicted molar refractivity (Wildman–Crippen MR) is 133 cm³/mol. The van der Waals surface area contributed by atoms with Gasteiger partial charge in [0.2, 0.25) is 5.91 Å². The fraction of sp³-hybridized carbons (Fsp3) is 0.800. The van der Waals surface area contributed by atoms with Crippen molar-refractivity contribution < 1.29 is 4.79 Å². The molecule has 9 nitrogen and oxygen atoms in total. The van der Waals surface area contributed by atoms with Gasteiger partial charge in [-0.05, 0) is 39.4 Å². The summed E-state index contributed by atoms with van der Waals surface area (Å²) in [6, 6.07) is 0.271. The van der Waals surface area contributed by atoms with E-state index >= 15 is 0 Å². The number of likely N-dealkylation sites (N-methyl/N-ethyl adjacent to an activating group) is 1. The number of nitrogens with zero attached hydrogens (tertiary/aromatic N) is 6. The number of aliphatic imine (C=N–C) groups is 1. The first-order valence-electron chi connectivity index (χ1n) is 10.7. The van der Waals surface area contributed by atoms with Gasteiger partial charge in [0.05, 0.1) is 0 Å². The second kappa shape index (κ2) is 16.3. The maximum atomic E-state index is 11.9. The molecule has 30 heavy (non-hydrogen) atoms. The molecule has 0 radical (unpaired) electrons. The Labute approximate surface area is 199 Å². The molecule has 1 aromatic heterocycles. The van der Waals surface area contributed by atoms with Gasteiger partial charge in [0.25, 0.3) is 0 Å². The monoisotopic (exact) mass is 536 g/mol. The van der Waals surface area contributed by atoms with Gasteiger partial charge < -0.3 is 25.0 Å². The lowest BCUT2D eigenvalue weighted by molar-refractivity contribution is -0.127. The van der Waals surface area contributed by atoms with Crippen molar-refractivity contribution in [3.8, 4) is 0 Å². The van der Waals surface area contributed by atoms with E-state index in [1.54, 1.807) is 25.3 Å². The molecule has 0 aliphatic carbocycles. The van der Waals surface area contributed by atoms with Gasteiger partial charge in [0.1, 0.15) is 18.7 Å². The zero-order chi connectivity index (χ0) is 21.6. The lowest BCUT2D eigenvalue weighted by Gasteiger charge is -2.21. The summed E-state index contributed by atoms with van der Waals surface area (Å²) in [5.74, 6) is 1.61. The Bertz CT molecular complexity index is 616. The largest absolute Gasteiger partial charge is 0.355 e. The van der Waals surface area contributed by atoms with Crippen LogP contribution in [0.25, 0.3) is 0 Å². The first-order chi connectivity index (χ1) is 13.9. The van der Waals surface area contributed by atoms with E-state index < -0.39 is 0 Å². The highest BCUT2D eigenvalue weighted by Crippen LogP contribution is 2.00. The molecule has 1 amide bonds. The third-order valence-electron chi connectivity index (χ3n) is 4.92. The molecule has 1 rings (SSSR count). The summed E-state index contributed by atoms with van der Waals surface area (Å²) in [4.78, 5) is 20.4. The first-order valence-corrected chi connectivity index (χ1v) is 10.7. The van der Waals surface area contributed by atoms with E-state index in [1.165, 1.54) is 0 Å². The van der Waals surface area contributed by atoms with Crippen LogP contribution in [0.1, 0.15) is 46.4 Å².